The number of aliphatic hydroxyl groups excluding tert-OH is 4. The minimum absolute atomic E-state index is 0. The molecule has 0 radical (unpaired) electrons. The summed E-state index contributed by atoms with van der Waals surface area (Å²) in [6.45, 7) is 6.61. The number of nitrogens with one attached hydrogen (secondary N) is 3. The van der Waals surface area contributed by atoms with Gasteiger partial charge >= 0.3 is 139 Å². The second kappa shape index (κ2) is 37.0. The van der Waals surface area contributed by atoms with Crippen LogP contribution in [0.25, 0.3) is 12.2 Å². The van der Waals surface area contributed by atoms with Gasteiger partial charge in [-0.25, -0.2) is 16.8 Å². The third kappa shape index (κ3) is 28.7. The Kier molecular flexibility index (Phi) is 35.4. The average molecular weight is 1220 g/mol. The van der Waals surface area contributed by atoms with Crippen LogP contribution in [0.4, 0.5) is 46.8 Å². The van der Waals surface area contributed by atoms with Crippen LogP contribution in [0.3, 0.4) is 0 Å². The van der Waals surface area contributed by atoms with Gasteiger partial charge in [0.15, 0.2) is 0 Å². The van der Waals surface area contributed by atoms with Crippen LogP contribution in [0, 0.1) is 12.1 Å². The summed E-state index contributed by atoms with van der Waals surface area (Å²) in [5.41, 5.74) is 2.48. The van der Waals surface area contributed by atoms with E-state index < -0.39 is 75.7 Å². The van der Waals surface area contributed by atoms with Crippen molar-refractivity contribution in [2.24, 2.45) is 0 Å². The van der Waals surface area contributed by atoms with Gasteiger partial charge in [-0.2, -0.15) is 53.7 Å². The van der Waals surface area contributed by atoms with Crippen LogP contribution in [-0.2, 0) is 47.9 Å². The molecular formula is C45H49N11Na4O16S4. The van der Waals surface area contributed by atoms with Gasteiger partial charge in [-0.1, -0.05) is 17.8 Å². The van der Waals surface area contributed by atoms with Gasteiger partial charge in [0, 0.05) is 37.6 Å². The molecule has 4 aromatic carbocycles. The smallest absolute Gasteiger partial charge is 0.744 e. The van der Waals surface area contributed by atoms with E-state index in [1.54, 1.807) is 86.0 Å². The molecule has 2 heterocycles. The average Bonchev–Trinajstić information content (AvgIpc) is 3.30. The maximum atomic E-state index is 12.6. The Hall–Kier alpha value is -3.46. The van der Waals surface area contributed by atoms with E-state index >= 15 is 0 Å². The summed E-state index contributed by atoms with van der Waals surface area (Å²) in [4.78, 5) is 29.3. The molecule has 27 nitrogen and oxygen atoms in total. The van der Waals surface area contributed by atoms with E-state index in [9.17, 15) is 46.4 Å². The Morgan fingerprint density at radius 1 is 0.562 bits per heavy atom. The zero-order chi connectivity index (χ0) is 56.3. The molecule has 4 atom stereocenters. The molecule has 6 aromatic rings. The molecule has 0 saturated carbocycles. The summed E-state index contributed by atoms with van der Waals surface area (Å²) in [6, 6.07) is 27.2. The number of rotatable bonds is 22. The summed E-state index contributed by atoms with van der Waals surface area (Å²) in [5.74, 6) is 0.644. The Balaban J connectivity index is 0.00000487. The van der Waals surface area contributed by atoms with Crippen molar-refractivity contribution in [1.29, 1.82) is 0 Å². The van der Waals surface area contributed by atoms with Crippen molar-refractivity contribution in [3.63, 3.8) is 0 Å². The topological polar surface area (TPSA) is 418 Å². The van der Waals surface area contributed by atoms with Gasteiger partial charge in [0.05, 0.1) is 34.2 Å². The Bertz CT molecular complexity index is 3340. The number of aliphatic hydroxyl groups is 4. The molecule has 80 heavy (non-hydrogen) atoms. The number of anilines is 8. The zero-order valence-electron chi connectivity index (χ0n) is 44.5. The minimum atomic E-state index is -5.02. The fourth-order valence-corrected chi connectivity index (χ4v) is 7.79. The number of hydrogen-bond acceptors (Lipinski definition) is 27. The third-order valence-electron chi connectivity index (χ3n) is 9.42. The number of nitrogens with zero attached hydrogens (tertiary/aromatic N) is 8. The SMILES string of the molecule is CC(O)CN(CC(C)O)c1nc(Cc2c[c-]c(/C=C/c3ccc(Nc4nc(Nc5cc[c-]cc5)nc(N(CC(C)O)CC(C)O)n4)cc3S(=O)(=O)[O-])cc2)nc(Nc2ccc(S(=O)(=O)[O-])cc2)n1.O=S(=O)=O.O=S(=O)=O.[Na+].[Na+].[Na+].[Na+]. The van der Waals surface area contributed by atoms with Crippen LogP contribution in [0.2, 0.25) is 0 Å². The Labute approximate surface area is 553 Å². The molecule has 0 fully saturated rings. The maximum absolute atomic E-state index is 12.6. The first kappa shape index (κ1) is 76.5. The molecule has 0 amide bonds. The second-order valence-corrected chi connectivity index (χ2v) is 19.8. The molecule has 0 aliphatic rings. The second-order valence-electron chi connectivity index (χ2n) is 16.3. The predicted octanol–water partition coefficient (Wildman–Crippen LogP) is -10.4. The molecule has 35 heteroatoms. The van der Waals surface area contributed by atoms with Crippen molar-refractivity contribution >= 4 is 100 Å². The van der Waals surface area contributed by atoms with Crippen LogP contribution in [0.15, 0.2) is 94.7 Å². The van der Waals surface area contributed by atoms with E-state index in [4.69, 9.17) is 25.3 Å². The maximum Gasteiger partial charge on any atom is 1.00 e. The first-order chi connectivity index (χ1) is 35.6. The van der Waals surface area contributed by atoms with E-state index in [0.29, 0.717) is 22.5 Å². The summed E-state index contributed by atoms with van der Waals surface area (Å²) in [5, 5.41) is 49.8. The number of aromatic nitrogens is 6. The van der Waals surface area contributed by atoms with E-state index in [1.165, 1.54) is 30.3 Å². The van der Waals surface area contributed by atoms with Crippen molar-refractivity contribution in [1.82, 2.24) is 29.9 Å². The van der Waals surface area contributed by atoms with Crippen LogP contribution in [-0.4, -0.2) is 152 Å². The predicted molar refractivity (Wildman–Crippen MR) is 271 cm³/mol. The fourth-order valence-electron chi connectivity index (χ4n) is 6.63. The number of benzene rings is 4. The first-order valence-corrected chi connectivity index (χ1v) is 26.8. The van der Waals surface area contributed by atoms with E-state index in [2.05, 4.69) is 58.0 Å². The van der Waals surface area contributed by atoms with E-state index in [1.807, 2.05) is 0 Å². The molecule has 408 valence electrons. The van der Waals surface area contributed by atoms with E-state index in [0.717, 1.165) is 18.2 Å². The van der Waals surface area contributed by atoms with Crippen LogP contribution < -0.4 is 144 Å². The quantitative estimate of drug-likeness (QED) is 0.0144. The fraction of sp³-hybridized carbons (Fsp3) is 0.289. The first-order valence-electron chi connectivity index (χ1n) is 22.0. The Morgan fingerprint density at radius 3 is 1.41 bits per heavy atom. The normalized spacial score (nSPS) is 12.2. The van der Waals surface area contributed by atoms with Crippen molar-refractivity contribution in [2.75, 3.05) is 51.9 Å². The molecule has 0 bridgehead atoms. The van der Waals surface area contributed by atoms with Gasteiger partial charge < -0.3 is 55.3 Å². The van der Waals surface area contributed by atoms with E-state index in [-0.39, 0.29) is 198 Å². The summed E-state index contributed by atoms with van der Waals surface area (Å²) in [7, 11) is -15.9. The van der Waals surface area contributed by atoms with Crippen molar-refractivity contribution < 1.29 is 190 Å². The molecule has 0 saturated heterocycles. The minimum Gasteiger partial charge on any atom is -0.744 e. The number of hydrogen-bond donors (Lipinski definition) is 7. The molecule has 0 spiro atoms. The van der Waals surface area contributed by atoms with Gasteiger partial charge in [-0.15, -0.1) is 73.3 Å². The van der Waals surface area contributed by atoms with Gasteiger partial charge in [0.25, 0.3) is 0 Å². The Morgan fingerprint density at radius 2 is 0.988 bits per heavy atom. The summed E-state index contributed by atoms with van der Waals surface area (Å²) in [6.07, 6.45) is -0.0482. The van der Waals surface area contributed by atoms with Gasteiger partial charge in [-0.3, -0.25) is 0 Å². The molecular weight excluding hydrogens is 1170 g/mol. The van der Waals surface area contributed by atoms with Crippen molar-refractivity contribution in [3.05, 3.63) is 120 Å². The molecule has 4 unspecified atom stereocenters. The zero-order valence-corrected chi connectivity index (χ0v) is 55.7. The molecule has 0 aliphatic heterocycles. The van der Waals surface area contributed by atoms with Crippen molar-refractivity contribution in [2.45, 2.75) is 68.3 Å². The van der Waals surface area contributed by atoms with Gasteiger partial charge in [0.2, 0.25) is 29.7 Å². The van der Waals surface area contributed by atoms with Gasteiger partial charge in [-0.05, 0) is 76.1 Å². The standard InChI is InChI=1S/C45H51N11O10S2.4Na.2O3S/c1-28(57)24-55(25-29(2)58)44-50-40(49-41(52-44)47-36-18-20-38(21-19-36)67(61,62)63)22-33-12-10-32(11-13-33)14-15-34-16-17-37(23-39(34)68(64,65)66)48-43-51-42(46-35-8-6-5-7-9-35)53-45(54-43)56(26-30(3)59)27-31(4)60;;;;;2*1-4(2)3/h6-10,12-21,23,28-31,57-60H,22,24-27H2,1-4H3,(H,61,62,63)(H,64,65,66)(H,47,49,50,52)(H2,46,48,51,53,54);;;;;;/q-2;4*+1;;/p-2/b15-14+;;;;;;. The largest absolute Gasteiger partial charge is 1.00 e. The van der Waals surface area contributed by atoms with Crippen LogP contribution in [0.1, 0.15) is 50.2 Å². The molecule has 6 rings (SSSR count). The molecule has 0 aliphatic carbocycles. The monoisotopic (exact) mass is 1220 g/mol. The third-order valence-corrected chi connectivity index (χ3v) is 11.2. The molecule has 7 N–H and O–H groups in total. The van der Waals surface area contributed by atoms with Crippen molar-refractivity contribution in [3.8, 4) is 0 Å². The summed E-state index contributed by atoms with van der Waals surface area (Å²) >= 11 is 0. The van der Waals surface area contributed by atoms with Crippen LogP contribution in [0.5, 0.6) is 0 Å². The summed E-state index contributed by atoms with van der Waals surface area (Å²) < 4.78 is 123. The molecule has 2 aromatic heterocycles. The van der Waals surface area contributed by atoms with Gasteiger partial charge in [0.1, 0.15) is 26.1 Å². The van der Waals surface area contributed by atoms with Crippen LogP contribution >= 0.6 is 0 Å².